The molecule has 0 N–H and O–H groups in total. The van der Waals surface area contributed by atoms with Crippen molar-refractivity contribution in [3.05, 3.63) is 95.4 Å². The summed E-state index contributed by atoms with van der Waals surface area (Å²) in [7, 11) is 0. The first-order valence-electron chi connectivity index (χ1n) is 14.7. The van der Waals surface area contributed by atoms with Gasteiger partial charge in [0.25, 0.3) is 5.91 Å². The predicted octanol–water partition coefficient (Wildman–Crippen LogP) is 5.28. The maximum atomic E-state index is 14.0. The fraction of sp³-hybridized carbons (Fsp3) is 0.364. The Labute approximate surface area is 252 Å². The highest BCUT2D eigenvalue weighted by atomic mass is 16.6. The van der Waals surface area contributed by atoms with Gasteiger partial charge in [-0.25, -0.2) is 9.61 Å². The Hall–Kier alpha value is -4.73. The van der Waals surface area contributed by atoms with E-state index < -0.39 is 0 Å². The van der Waals surface area contributed by atoms with Gasteiger partial charge in [0.2, 0.25) is 5.91 Å². The number of ether oxygens (including phenoxy) is 1. The fourth-order valence-electron chi connectivity index (χ4n) is 5.16. The summed E-state index contributed by atoms with van der Waals surface area (Å²) >= 11 is 0. The summed E-state index contributed by atoms with van der Waals surface area (Å²) in [5.74, 6) is 1.70. The largest absolute Gasteiger partial charge is 0.487 e. The number of nitrogens with zero attached hydrogens (tertiary/aromatic N) is 6. The Balaban J connectivity index is 1.42. The Kier molecular flexibility index (Phi) is 9.66. The molecule has 43 heavy (non-hydrogen) atoms. The molecule has 0 atom stereocenters. The summed E-state index contributed by atoms with van der Waals surface area (Å²) in [5, 5.41) is 7.62. The Morgan fingerprint density at radius 1 is 0.930 bits per heavy atom. The quantitative estimate of drug-likeness (QED) is 0.290. The van der Waals surface area contributed by atoms with Crippen LogP contribution in [0, 0.1) is 12.8 Å². The molecule has 0 saturated heterocycles. The molecule has 0 aliphatic carbocycles. The van der Waals surface area contributed by atoms with Gasteiger partial charge in [0, 0.05) is 56.6 Å². The molecule has 2 amide bonds. The van der Waals surface area contributed by atoms with Crippen molar-refractivity contribution in [2.45, 2.75) is 46.8 Å². The minimum atomic E-state index is -0.0989. The van der Waals surface area contributed by atoms with Gasteiger partial charge >= 0.3 is 0 Å². The lowest BCUT2D eigenvalue weighted by Gasteiger charge is -2.29. The average Bonchev–Trinajstić information content (AvgIpc) is 3.42. The number of carbonyl (C=O) groups is 2. The fourth-order valence-corrected chi connectivity index (χ4v) is 5.16. The van der Waals surface area contributed by atoms with Gasteiger partial charge < -0.3 is 19.4 Å². The van der Waals surface area contributed by atoms with Crippen molar-refractivity contribution < 1.29 is 19.0 Å². The molecule has 5 rings (SSSR count). The van der Waals surface area contributed by atoms with Gasteiger partial charge in [-0.05, 0) is 67.3 Å². The third-order valence-electron chi connectivity index (χ3n) is 7.46. The highest BCUT2D eigenvalue weighted by Gasteiger charge is 2.25. The number of aromatic nitrogens is 3. The molecule has 2 aromatic carbocycles. The number of anilines is 2. The SMILES string of the molecule is Cc1nonc1COc1ccc(C(=O)N2CCN(c3ccccn3)CCCN(C(=O)CC(C)C)c3ccccc3C2)cc1. The van der Waals surface area contributed by atoms with Crippen LogP contribution in [0.25, 0.3) is 0 Å². The van der Waals surface area contributed by atoms with E-state index in [-0.39, 0.29) is 24.3 Å². The number of pyridine rings is 1. The van der Waals surface area contributed by atoms with Gasteiger partial charge in [0.15, 0.2) is 0 Å². The van der Waals surface area contributed by atoms with Crippen molar-refractivity contribution >= 4 is 23.3 Å². The predicted molar refractivity (Wildman–Crippen MR) is 164 cm³/mol. The van der Waals surface area contributed by atoms with E-state index in [4.69, 9.17) is 9.37 Å². The molecule has 4 aromatic rings. The lowest BCUT2D eigenvalue weighted by molar-refractivity contribution is -0.119. The number of benzene rings is 2. The number of aryl methyl sites for hydroxylation is 1. The van der Waals surface area contributed by atoms with Gasteiger partial charge in [-0.2, -0.15) is 0 Å². The van der Waals surface area contributed by atoms with Gasteiger partial charge in [0.1, 0.15) is 29.6 Å². The molecule has 1 aliphatic heterocycles. The summed E-state index contributed by atoms with van der Waals surface area (Å²) in [5.41, 5.74) is 3.65. The van der Waals surface area contributed by atoms with Crippen LogP contribution < -0.4 is 14.5 Å². The maximum absolute atomic E-state index is 14.0. The number of fused-ring (bicyclic) bond motifs is 1. The van der Waals surface area contributed by atoms with Crippen molar-refractivity contribution in [2.24, 2.45) is 5.92 Å². The Bertz CT molecular complexity index is 1510. The van der Waals surface area contributed by atoms with Gasteiger partial charge in [-0.3, -0.25) is 9.59 Å². The van der Waals surface area contributed by atoms with E-state index in [0.29, 0.717) is 61.8 Å². The van der Waals surface area contributed by atoms with Crippen LogP contribution >= 0.6 is 0 Å². The highest BCUT2D eigenvalue weighted by Crippen LogP contribution is 2.26. The smallest absolute Gasteiger partial charge is 0.254 e. The van der Waals surface area contributed by atoms with Crippen LogP contribution in [0.1, 0.15) is 54.0 Å². The van der Waals surface area contributed by atoms with E-state index >= 15 is 0 Å². The second kappa shape index (κ2) is 14.0. The zero-order valence-electron chi connectivity index (χ0n) is 25.0. The van der Waals surface area contributed by atoms with Crippen LogP contribution in [-0.2, 0) is 17.9 Å². The average molecular weight is 583 g/mol. The number of para-hydroxylation sites is 1. The Morgan fingerprint density at radius 3 is 2.44 bits per heavy atom. The first kappa shape index (κ1) is 29.8. The van der Waals surface area contributed by atoms with Crippen molar-refractivity contribution in [1.29, 1.82) is 0 Å². The topological polar surface area (TPSA) is 105 Å². The van der Waals surface area contributed by atoms with Crippen molar-refractivity contribution in [1.82, 2.24) is 20.2 Å². The van der Waals surface area contributed by atoms with Crippen LogP contribution in [0.5, 0.6) is 5.75 Å². The molecule has 1 aliphatic rings. The Morgan fingerprint density at radius 2 is 1.72 bits per heavy atom. The van der Waals surface area contributed by atoms with Crippen LogP contribution in [0.2, 0.25) is 0 Å². The molecule has 0 fully saturated rings. The summed E-state index contributed by atoms with van der Waals surface area (Å²) < 4.78 is 10.6. The molecule has 0 bridgehead atoms. The van der Waals surface area contributed by atoms with Gasteiger partial charge in [-0.1, -0.05) is 48.4 Å². The number of amides is 2. The number of rotatable bonds is 7. The summed E-state index contributed by atoms with van der Waals surface area (Å²) in [6, 6.07) is 20.9. The molecule has 2 aromatic heterocycles. The molecule has 10 heteroatoms. The zero-order chi connectivity index (χ0) is 30.2. The maximum Gasteiger partial charge on any atom is 0.254 e. The van der Waals surface area contributed by atoms with E-state index in [9.17, 15) is 9.59 Å². The van der Waals surface area contributed by atoms with Crippen LogP contribution in [-0.4, -0.2) is 58.2 Å². The van der Waals surface area contributed by atoms with Crippen molar-refractivity contribution in [2.75, 3.05) is 36.0 Å². The lowest BCUT2D eigenvalue weighted by Crippen LogP contribution is -2.39. The van der Waals surface area contributed by atoms with E-state index in [1.807, 2.05) is 52.3 Å². The molecule has 0 spiro atoms. The molecular weight excluding hydrogens is 544 g/mol. The van der Waals surface area contributed by atoms with Crippen molar-refractivity contribution in [3.8, 4) is 5.75 Å². The molecular formula is C33H38N6O4. The van der Waals surface area contributed by atoms with Crippen LogP contribution in [0.3, 0.4) is 0 Å². The summed E-state index contributed by atoms with van der Waals surface area (Å²) in [4.78, 5) is 38.0. The zero-order valence-corrected chi connectivity index (χ0v) is 25.0. The third kappa shape index (κ3) is 7.57. The van der Waals surface area contributed by atoms with Crippen LogP contribution in [0.4, 0.5) is 11.5 Å². The van der Waals surface area contributed by atoms with E-state index in [0.717, 1.165) is 23.5 Å². The van der Waals surface area contributed by atoms with E-state index in [1.54, 1.807) is 37.4 Å². The molecule has 0 saturated carbocycles. The molecule has 10 nitrogen and oxygen atoms in total. The second-order valence-corrected chi connectivity index (χ2v) is 11.1. The third-order valence-corrected chi connectivity index (χ3v) is 7.46. The molecule has 0 unspecified atom stereocenters. The minimum absolute atomic E-state index is 0.0937. The standard InChI is InChI=1S/C33H38N6O4/c1-24(2)21-32(40)39-18-8-17-37(31-11-6-7-16-34-31)19-20-38(22-27-9-4-5-10-30(27)39)33(41)26-12-14-28(15-13-26)42-23-29-25(3)35-43-36-29/h4-7,9-16,24H,8,17-23H2,1-3H3. The van der Waals surface area contributed by atoms with Crippen LogP contribution in [0.15, 0.2) is 77.6 Å². The molecule has 0 radical (unpaired) electrons. The van der Waals surface area contributed by atoms with E-state index in [2.05, 4.69) is 34.0 Å². The van der Waals surface area contributed by atoms with Crippen molar-refractivity contribution in [3.63, 3.8) is 0 Å². The first-order chi connectivity index (χ1) is 20.9. The highest BCUT2D eigenvalue weighted by molar-refractivity contribution is 5.96. The molecule has 3 heterocycles. The number of carbonyl (C=O) groups excluding carboxylic acids is 2. The number of hydrogen-bond acceptors (Lipinski definition) is 8. The lowest BCUT2D eigenvalue weighted by atomic mass is 10.1. The monoisotopic (exact) mass is 582 g/mol. The summed E-state index contributed by atoms with van der Waals surface area (Å²) in [6.07, 6.45) is 3.01. The van der Waals surface area contributed by atoms with Gasteiger partial charge in [0.05, 0.1) is 0 Å². The van der Waals surface area contributed by atoms with Gasteiger partial charge in [-0.15, -0.1) is 0 Å². The minimum Gasteiger partial charge on any atom is -0.487 e. The summed E-state index contributed by atoms with van der Waals surface area (Å²) in [6.45, 7) is 8.90. The first-order valence-corrected chi connectivity index (χ1v) is 14.7. The normalized spacial score (nSPS) is 14.3. The number of hydrogen-bond donors (Lipinski definition) is 0. The second-order valence-electron chi connectivity index (χ2n) is 11.1. The van der Waals surface area contributed by atoms with E-state index in [1.165, 1.54) is 0 Å². The molecule has 224 valence electrons.